The molecule has 1 aromatic heterocycles. The number of H-pyrrole nitrogens is 1. The van der Waals surface area contributed by atoms with Crippen molar-refractivity contribution in [2.75, 3.05) is 6.54 Å². The van der Waals surface area contributed by atoms with Gasteiger partial charge in [-0.05, 0) is 31.4 Å². The average molecular weight is 270 g/mol. The van der Waals surface area contributed by atoms with Crippen LogP contribution in [0.2, 0.25) is 0 Å². The van der Waals surface area contributed by atoms with Gasteiger partial charge in [-0.3, -0.25) is 4.79 Å². The van der Waals surface area contributed by atoms with E-state index >= 15 is 0 Å². The lowest BCUT2D eigenvalue weighted by Crippen LogP contribution is -2.38. The van der Waals surface area contributed by atoms with Gasteiger partial charge in [-0.2, -0.15) is 0 Å². The number of amides is 1. The molecule has 0 saturated heterocycles. The Hall–Kier alpha value is -1.77. The zero-order chi connectivity index (χ0) is 14.1. The van der Waals surface area contributed by atoms with E-state index in [-0.39, 0.29) is 6.04 Å². The molecule has 3 heteroatoms. The van der Waals surface area contributed by atoms with Crippen LogP contribution in [0.3, 0.4) is 0 Å². The summed E-state index contributed by atoms with van der Waals surface area (Å²) in [6, 6.07) is 8.59. The first kappa shape index (κ1) is 13.2. The molecule has 1 aliphatic heterocycles. The van der Waals surface area contributed by atoms with E-state index in [4.69, 9.17) is 0 Å². The minimum absolute atomic E-state index is 0.163. The third-order valence-corrected chi connectivity index (χ3v) is 4.40. The maximum Gasteiger partial charge on any atom is 0.223 e. The van der Waals surface area contributed by atoms with E-state index in [1.807, 2.05) is 4.90 Å². The van der Waals surface area contributed by atoms with Gasteiger partial charge in [0, 0.05) is 29.6 Å². The molecule has 20 heavy (non-hydrogen) atoms. The lowest BCUT2D eigenvalue weighted by atomic mass is 9.98. The van der Waals surface area contributed by atoms with Crippen molar-refractivity contribution in [1.29, 1.82) is 0 Å². The van der Waals surface area contributed by atoms with Gasteiger partial charge in [0.2, 0.25) is 5.91 Å². The largest absolute Gasteiger partial charge is 0.356 e. The SMILES string of the molecule is CCCCC(=O)N1CCc2c([nH]c3ccccc23)[C@@H]1C. The van der Waals surface area contributed by atoms with E-state index in [9.17, 15) is 4.79 Å². The van der Waals surface area contributed by atoms with Gasteiger partial charge < -0.3 is 9.88 Å². The number of nitrogens with zero attached hydrogens (tertiary/aromatic N) is 1. The highest BCUT2D eigenvalue weighted by molar-refractivity contribution is 5.86. The molecule has 3 rings (SSSR count). The molecule has 1 N–H and O–H groups in total. The molecule has 0 fully saturated rings. The third kappa shape index (κ3) is 2.11. The quantitative estimate of drug-likeness (QED) is 0.904. The molecule has 3 nitrogen and oxygen atoms in total. The summed E-state index contributed by atoms with van der Waals surface area (Å²) in [5, 5.41) is 1.31. The van der Waals surface area contributed by atoms with Gasteiger partial charge in [-0.1, -0.05) is 31.5 Å². The van der Waals surface area contributed by atoms with Gasteiger partial charge in [0.1, 0.15) is 0 Å². The topological polar surface area (TPSA) is 36.1 Å². The standard InChI is InChI=1S/C17H22N2O/c1-3-4-9-16(20)19-11-10-14-13-7-5-6-8-15(13)18-17(14)12(19)2/h5-8,12,18H,3-4,9-11H2,1-2H3/t12-/m0/s1. The fourth-order valence-electron chi connectivity index (χ4n) is 3.24. The molecule has 0 saturated carbocycles. The number of benzene rings is 1. The van der Waals surface area contributed by atoms with Crippen molar-refractivity contribution in [2.24, 2.45) is 0 Å². The molecule has 0 spiro atoms. The number of aromatic nitrogens is 1. The van der Waals surface area contributed by atoms with Gasteiger partial charge in [-0.25, -0.2) is 0 Å². The number of aromatic amines is 1. The van der Waals surface area contributed by atoms with Crippen molar-refractivity contribution in [3.8, 4) is 0 Å². The van der Waals surface area contributed by atoms with Gasteiger partial charge >= 0.3 is 0 Å². The van der Waals surface area contributed by atoms with Crippen LogP contribution in [-0.4, -0.2) is 22.3 Å². The van der Waals surface area contributed by atoms with Gasteiger partial charge in [0.05, 0.1) is 6.04 Å². The molecule has 1 aromatic carbocycles. The van der Waals surface area contributed by atoms with Crippen LogP contribution < -0.4 is 0 Å². The van der Waals surface area contributed by atoms with Crippen molar-refractivity contribution in [3.63, 3.8) is 0 Å². The monoisotopic (exact) mass is 270 g/mol. The van der Waals surface area contributed by atoms with Gasteiger partial charge in [0.25, 0.3) is 0 Å². The van der Waals surface area contributed by atoms with Crippen LogP contribution in [-0.2, 0) is 11.2 Å². The van der Waals surface area contributed by atoms with Crippen molar-refractivity contribution in [1.82, 2.24) is 9.88 Å². The number of carbonyl (C=O) groups excluding carboxylic acids is 1. The van der Waals surface area contributed by atoms with Crippen LogP contribution >= 0.6 is 0 Å². The Kier molecular flexibility index (Phi) is 3.51. The second-order valence-corrected chi connectivity index (χ2v) is 5.68. The van der Waals surface area contributed by atoms with E-state index in [0.717, 1.165) is 25.8 Å². The Morgan fingerprint density at radius 1 is 1.40 bits per heavy atom. The zero-order valence-corrected chi connectivity index (χ0v) is 12.3. The number of para-hydroxylation sites is 1. The fourth-order valence-corrected chi connectivity index (χ4v) is 3.24. The molecular formula is C17H22N2O. The zero-order valence-electron chi connectivity index (χ0n) is 12.3. The summed E-state index contributed by atoms with van der Waals surface area (Å²) in [6.45, 7) is 5.11. The highest BCUT2D eigenvalue weighted by atomic mass is 16.2. The van der Waals surface area contributed by atoms with Crippen molar-refractivity contribution in [2.45, 2.75) is 45.6 Å². The van der Waals surface area contributed by atoms with Crippen molar-refractivity contribution >= 4 is 16.8 Å². The van der Waals surface area contributed by atoms with E-state index in [0.29, 0.717) is 12.3 Å². The molecule has 106 valence electrons. The number of unbranched alkanes of at least 4 members (excludes halogenated alkanes) is 1. The highest BCUT2D eigenvalue weighted by Crippen LogP contribution is 2.34. The van der Waals surface area contributed by atoms with E-state index < -0.39 is 0 Å². The Labute approximate surface area is 120 Å². The van der Waals surface area contributed by atoms with Crippen LogP contribution in [0.1, 0.15) is 50.4 Å². The smallest absolute Gasteiger partial charge is 0.223 e. The van der Waals surface area contributed by atoms with E-state index in [2.05, 4.69) is 43.1 Å². The van der Waals surface area contributed by atoms with Gasteiger partial charge in [-0.15, -0.1) is 0 Å². The number of hydrogen-bond acceptors (Lipinski definition) is 1. The summed E-state index contributed by atoms with van der Waals surface area (Å²) in [7, 11) is 0. The van der Waals surface area contributed by atoms with E-state index in [1.54, 1.807) is 0 Å². The number of rotatable bonds is 3. The lowest BCUT2D eigenvalue weighted by Gasteiger charge is -2.33. The molecule has 0 unspecified atom stereocenters. The molecule has 1 amide bonds. The second-order valence-electron chi connectivity index (χ2n) is 5.68. The first-order valence-electron chi connectivity index (χ1n) is 7.61. The number of carbonyl (C=O) groups is 1. The third-order valence-electron chi connectivity index (χ3n) is 4.40. The Morgan fingerprint density at radius 3 is 3.00 bits per heavy atom. The summed E-state index contributed by atoms with van der Waals surface area (Å²) in [5.74, 6) is 0.295. The fraction of sp³-hybridized carbons (Fsp3) is 0.471. The first-order valence-corrected chi connectivity index (χ1v) is 7.61. The molecule has 2 aromatic rings. The highest BCUT2D eigenvalue weighted by Gasteiger charge is 2.29. The number of hydrogen-bond donors (Lipinski definition) is 1. The summed E-state index contributed by atoms with van der Waals surface area (Å²) in [6.07, 6.45) is 3.70. The van der Waals surface area contributed by atoms with Crippen LogP contribution in [0.4, 0.5) is 0 Å². The normalized spacial score (nSPS) is 18.3. The predicted molar refractivity (Wildman–Crippen MR) is 81.7 cm³/mol. The van der Waals surface area contributed by atoms with Crippen LogP contribution in [0.5, 0.6) is 0 Å². The van der Waals surface area contributed by atoms with Crippen molar-refractivity contribution < 1.29 is 4.79 Å². The summed E-state index contributed by atoms with van der Waals surface area (Å²) < 4.78 is 0. The van der Waals surface area contributed by atoms with Crippen LogP contribution in [0, 0.1) is 0 Å². The minimum atomic E-state index is 0.163. The second kappa shape index (κ2) is 5.31. The predicted octanol–water partition coefficient (Wildman–Crippen LogP) is 3.80. The van der Waals surface area contributed by atoms with Gasteiger partial charge in [0.15, 0.2) is 0 Å². The number of fused-ring (bicyclic) bond motifs is 3. The summed E-state index contributed by atoms with van der Waals surface area (Å²) in [4.78, 5) is 17.9. The molecule has 0 radical (unpaired) electrons. The summed E-state index contributed by atoms with van der Waals surface area (Å²) in [5.41, 5.74) is 3.81. The number of nitrogens with one attached hydrogen (secondary N) is 1. The molecule has 2 heterocycles. The summed E-state index contributed by atoms with van der Waals surface area (Å²) >= 11 is 0. The maximum absolute atomic E-state index is 12.3. The first-order chi connectivity index (χ1) is 9.72. The molecule has 0 bridgehead atoms. The van der Waals surface area contributed by atoms with Crippen molar-refractivity contribution in [3.05, 3.63) is 35.5 Å². The molecule has 1 atom stereocenters. The Balaban J connectivity index is 1.90. The van der Waals surface area contributed by atoms with Crippen LogP contribution in [0.25, 0.3) is 10.9 Å². The molecular weight excluding hydrogens is 248 g/mol. The maximum atomic E-state index is 12.3. The van der Waals surface area contributed by atoms with E-state index in [1.165, 1.54) is 22.2 Å². The Morgan fingerprint density at radius 2 is 2.20 bits per heavy atom. The lowest BCUT2D eigenvalue weighted by molar-refractivity contribution is -0.133. The molecule has 0 aliphatic carbocycles. The van der Waals surface area contributed by atoms with Crippen LogP contribution in [0.15, 0.2) is 24.3 Å². The Bertz CT molecular complexity index is 629. The minimum Gasteiger partial charge on any atom is -0.356 e. The average Bonchev–Trinajstić information content (AvgIpc) is 2.85. The molecule has 1 aliphatic rings.